The summed E-state index contributed by atoms with van der Waals surface area (Å²) in [5, 5.41) is 11.4. The molecule has 0 saturated heterocycles. The Morgan fingerprint density at radius 3 is 3.19 bits per heavy atom. The van der Waals surface area contributed by atoms with Crippen LogP contribution in [0.5, 0.6) is 0 Å². The first-order valence-electron chi connectivity index (χ1n) is 5.23. The van der Waals surface area contributed by atoms with Gasteiger partial charge in [0.15, 0.2) is 11.5 Å². The Morgan fingerprint density at radius 1 is 1.50 bits per heavy atom. The summed E-state index contributed by atoms with van der Waals surface area (Å²) >= 11 is 0. The van der Waals surface area contributed by atoms with Crippen LogP contribution in [0, 0.1) is 18.3 Å². The van der Waals surface area contributed by atoms with Crippen molar-refractivity contribution in [2.24, 2.45) is 0 Å². The first-order chi connectivity index (χ1) is 7.79. The lowest BCUT2D eigenvalue weighted by Crippen LogP contribution is -2.17. The molecule has 0 aliphatic rings. The van der Waals surface area contributed by atoms with Crippen LogP contribution in [0.15, 0.2) is 22.6 Å². The van der Waals surface area contributed by atoms with Gasteiger partial charge in [0.25, 0.3) is 0 Å². The van der Waals surface area contributed by atoms with Gasteiger partial charge in [-0.15, -0.1) is 0 Å². The third-order valence-corrected chi connectivity index (χ3v) is 2.35. The van der Waals surface area contributed by atoms with Gasteiger partial charge in [-0.2, -0.15) is 5.26 Å². The van der Waals surface area contributed by atoms with Gasteiger partial charge in [0.1, 0.15) is 5.52 Å². The Kier molecular flexibility index (Phi) is 3.18. The van der Waals surface area contributed by atoms with Crippen molar-refractivity contribution >= 4 is 11.1 Å². The van der Waals surface area contributed by atoms with Crippen LogP contribution in [0.4, 0.5) is 0 Å². The number of hydrogen-bond acceptors (Lipinski definition) is 4. The molecule has 0 amide bonds. The summed E-state index contributed by atoms with van der Waals surface area (Å²) in [6, 6.07) is 8.05. The molecule has 1 N–H and O–H groups in total. The Morgan fingerprint density at radius 2 is 2.38 bits per heavy atom. The van der Waals surface area contributed by atoms with Crippen molar-refractivity contribution in [2.45, 2.75) is 13.3 Å². The molecule has 1 heterocycles. The molecule has 4 heteroatoms. The van der Waals surface area contributed by atoms with Gasteiger partial charge < -0.3 is 9.73 Å². The Labute approximate surface area is 93.9 Å². The van der Waals surface area contributed by atoms with E-state index in [4.69, 9.17) is 9.68 Å². The van der Waals surface area contributed by atoms with E-state index in [9.17, 15) is 0 Å². The smallest absolute Gasteiger partial charge is 0.192 e. The van der Waals surface area contributed by atoms with Gasteiger partial charge in [0.2, 0.25) is 0 Å². The number of aryl methyl sites for hydroxylation is 1. The zero-order chi connectivity index (χ0) is 11.4. The maximum atomic E-state index is 8.37. The van der Waals surface area contributed by atoms with Crippen molar-refractivity contribution < 1.29 is 4.42 Å². The molecule has 82 valence electrons. The van der Waals surface area contributed by atoms with E-state index in [0.717, 1.165) is 24.1 Å². The molecular weight excluding hydrogens is 202 g/mol. The number of benzene rings is 1. The van der Waals surface area contributed by atoms with Crippen molar-refractivity contribution in [2.75, 3.05) is 13.1 Å². The molecule has 0 aliphatic carbocycles. The zero-order valence-electron chi connectivity index (χ0n) is 9.16. The van der Waals surface area contributed by atoms with Crippen molar-refractivity contribution in [3.05, 3.63) is 29.7 Å². The number of hydrogen-bond donors (Lipinski definition) is 1. The van der Waals surface area contributed by atoms with Crippen LogP contribution < -0.4 is 5.32 Å². The van der Waals surface area contributed by atoms with Crippen molar-refractivity contribution in [3.8, 4) is 6.07 Å². The summed E-state index contributed by atoms with van der Waals surface area (Å²) in [4.78, 5) is 4.24. The summed E-state index contributed by atoms with van der Waals surface area (Å²) in [6.45, 7) is 3.03. The zero-order valence-corrected chi connectivity index (χ0v) is 9.16. The minimum Gasteiger partial charge on any atom is -0.441 e. The molecule has 0 saturated carbocycles. The summed E-state index contributed by atoms with van der Waals surface area (Å²) in [6.07, 6.45) is 0.886. The Hall–Kier alpha value is -1.86. The molecule has 0 atom stereocenters. The van der Waals surface area contributed by atoms with Crippen molar-refractivity contribution in [1.82, 2.24) is 10.3 Å². The van der Waals surface area contributed by atoms with E-state index in [0.29, 0.717) is 12.4 Å². The summed E-state index contributed by atoms with van der Waals surface area (Å²) in [5.41, 5.74) is 2.91. The molecule has 0 aliphatic heterocycles. The maximum Gasteiger partial charge on any atom is 0.192 e. The van der Waals surface area contributed by atoms with Gasteiger partial charge in [-0.1, -0.05) is 6.07 Å². The van der Waals surface area contributed by atoms with Crippen LogP contribution in [0.3, 0.4) is 0 Å². The number of nitriles is 1. The molecule has 0 spiro atoms. The van der Waals surface area contributed by atoms with E-state index in [-0.39, 0.29) is 0 Å². The van der Waals surface area contributed by atoms with E-state index in [1.165, 1.54) is 5.56 Å². The number of oxazole rings is 1. The van der Waals surface area contributed by atoms with E-state index >= 15 is 0 Å². The van der Waals surface area contributed by atoms with E-state index < -0.39 is 0 Å². The Balaban J connectivity index is 2.05. The van der Waals surface area contributed by atoms with Crippen molar-refractivity contribution in [3.63, 3.8) is 0 Å². The minimum atomic E-state index is 0.393. The highest BCUT2D eigenvalue weighted by molar-refractivity contribution is 5.73. The quantitative estimate of drug-likeness (QED) is 0.624. The fourth-order valence-electron chi connectivity index (χ4n) is 1.62. The van der Waals surface area contributed by atoms with Crippen LogP contribution in [0.25, 0.3) is 11.1 Å². The predicted octanol–water partition coefficient (Wildman–Crippen LogP) is 1.79. The van der Waals surface area contributed by atoms with Gasteiger partial charge in [-0.25, -0.2) is 4.98 Å². The molecular formula is C12H13N3O. The van der Waals surface area contributed by atoms with E-state index in [2.05, 4.69) is 10.3 Å². The molecule has 16 heavy (non-hydrogen) atoms. The van der Waals surface area contributed by atoms with Crippen LogP contribution in [0.1, 0.15) is 11.5 Å². The SMILES string of the molecule is Cc1nc2ccc(CCNCC#N)cc2o1. The van der Waals surface area contributed by atoms with Gasteiger partial charge >= 0.3 is 0 Å². The number of fused-ring (bicyclic) bond motifs is 1. The predicted molar refractivity (Wildman–Crippen MR) is 60.9 cm³/mol. The molecule has 0 radical (unpaired) electrons. The summed E-state index contributed by atoms with van der Waals surface area (Å²) < 4.78 is 5.45. The molecule has 4 nitrogen and oxygen atoms in total. The van der Waals surface area contributed by atoms with E-state index in [1.807, 2.05) is 31.2 Å². The molecule has 0 fully saturated rings. The highest BCUT2D eigenvalue weighted by atomic mass is 16.3. The average molecular weight is 215 g/mol. The standard InChI is InChI=1S/C12H13N3O/c1-9-15-11-3-2-10(8-12(11)16-9)4-6-14-7-5-13/h2-3,8,14H,4,6-7H2,1H3. The number of aromatic nitrogens is 1. The molecule has 1 aromatic heterocycles. The van der Waals surface area contributed by atoms with E-state index in [1.54, 1.807) is 0 Å². The average Bonchev–Trinajstić information content (AvgIpc) is 2.64. The normalized spacial score (nSPS) is 10.5. The highest BCUT2D eigenvalue weighted by Crippen LogP contribution is 2.16. The monoisotopic (exact) mass is 215 g/mol. The molecule has 0 bridgehead atoms. The molecule has 0 unspecified atom stereocenters. The van der Waals surface area contributed by atoms with Gasteiger partial charge in [0.05, 0.1) is 12.6 Å². The number of nitrogens with one attached hydrogen (secondary N) is 1. The van der Waals surface area contributed by atoms with Crippen molar-refractivity contribution in [1.29, 1.82) is 5.26 Å². The topological polar surface area (TPSA) is 61.9 Å². The highest BCUT2D eigenvalue weighted by Gasteiger charge is 2.02. The lowest BCUT2D eigenvalue weighted by atomic mass is 10.1. The lowest BCUT2D eigenvalue weighted by Gasteiger charge is -2.00. The molecule has 2 aromatic rings. The summed E-state index contributed by atoms with van der Waals surface area (Å²) in [7, 11) is 0. The second kappa shape index (κ2) is 4.77. The van der Waals surface area contributed by atoms with Gasteiger partial charge in [-0.05, 0) is 24.1 Å². The second-order valence-corrected chi connectivity index (χ2v) is 3.62. The maximum absolute atomic E-state index is 8.37. The third kappa shape index (κ3) is 2.38. The van der Waals surface area contributed by atoms with Gasteiger partial charge in [-0.3, -0.25) is 0 Å². The van der Waals surface area contributed by atoms with Crippen LogP contribution in [-0.2, 0) is 6.42 Å². The van der Waals surface area contributed by atoms with Crippen LogP contribution in [0.2, 0.25) is 0 Å². The molecule has 2 rings (SSSR count). The van der Waals surface area contributed by atoms with Crippen LogP contribution >= 0.6 is 0 Å². The van der Waals surface area contributed by atoms with Gasteiger partial charge in [0, 0.05) is 13.5 Å². The summed E-state index contributed by atoms with van der Waals surface area (Å²) in [5.74, 6) is 0.690. The molecule has 1 aromatic carbocycles. The Bertz CT molecular complexity index is 525. The first kappa shape index (κ1) is 10.7. The lowest BCUT2D eigenvalue weighted by molar-refractivity contribution is 0.560. The largest absolute Gasteiger partial charge is 0.441 e. The second-order valence-electron chi connectivity index (χ2n) is 3.62. The van der Waals surface area contributed by atoms with Crippen LogP contribution in [-0.4, -0.2) is 18.1 Å². The number of rotatable bonds is 4. The fourth-order valence-corrected chi connectivity index (χ4v) is 1.62. The number of nitrogens with zero attached hydrogens (tertiary/aromatic N) is 2. The fraction of sp³-hybridized carbons (Fsp3) is 0.333. The minimum absolute atomic E-state index is 0.393. The first-order valence-corrected chi connectivity index (χ1v) is 5.23. The third-order valence-electron chi connectivity index (χ3n) is 2.35.